The van der Waals surface area contributed by atoms with E-state index >= 15 is 0 Å². The smallest absolute Gasteiger partial charge is 0.315 e. The van der Waals surface area contributed by atoms with Crippen LogP contribution < -0.4 is 0 Å². The van der Waals surface area contributed by atoms with Gasteiger partial charge in [-0.05, 0) is 104 Å². The van der Waals surface area contributed by atoms with Gasteiger partial charge in [-0.2, -0.15) is 0 Å². The predicted octanol–water partition coefficient (Wildman–Crippen LogP) is -0.887. The summed E-state index contributed by atoms with van der Waals surface area (Å²) in [7, 11) is 0. The maximum atomic E-state index is 14.7. The van der Waals surface area contributed by atoms with Crippen LogP contribution in [0.2, 0.25) is 0 Å². The molecular formula is C48H78O19. The van der Waals surface area contributed by atoms with E-state index in [4.69, 9.17) is 28.4 Å². The van der Waals surface area contributed by atoms with Crippen LogP contribution in [-0.4, -0.2) is 192 Å². The fourth-order valence-electron chi connectivity index (χ4n) is 15.0. The average molecular weight is 959 g/mol. The Hall–Kier alpha value is -1.47. The van der Waals surface area contributed by atoms with Crippen LogP contribution in [0.3, 0.4) is 0 Å². The van der Waals surface area contributed by atoms with Crippen LogP contribution in [0.4, 0.5) is 0 Å². The second-order valence-electron chi connectivity index (χ2n) is 23.3. The number of hydrogen-bond donors (Lipinski definition) is 12. The highest BCUT2D eigenvalue weighted by Gasteiger charge is 2.70. The lowest BCUT2D eigenvalue weighted by molar-refractivity contribution is -0.379. The second-order valence-corrected chi connectivity index (χ2v) is 23.3. The molecule has 7 fully saturated rings. The Bertz CT molecular complexity index is 1810. The first-order chi connectivity index (χ1) is 31.4. The molecular weight excluding hydrogens is 881 g/mol. The largest absolute Gasteiger partial charge is 0.432 e. The number of aliphatic hydroxyl groups excluding tert-OH is 12. The van der Waals surface area contributed by atoms with Gasteiger partial charge in [0.15, 0.2) is 12.6 Å². The molecule has 0 unspecified atom stereocenters. The predicted molar refractivity (Wildman–Crippen MR) is 232 cm³/mol. The Kier molecular flexibility index (Phi) is 14.4. The lowest BCUT2D eigenvalue weighted by Crippen LogP contribution is -2.68. The molecule has 0 spiro atoms. The maximum Gasteiger partial charge on any atom is 0.315 e. The highest BCUT2D eigenvalue weighted by molar-refractivity contribution is 5.79. The Morgan fingerprint density at radius 1 is 0.612 bits per heavy atom. The van der Waals surface area contributed by atoms with Crippen molar-refractivity contribution in [2.45, 2.75) is 204 Å². The minimum Gasteiger partial charge on any atom is -0.432 e. The zero-order valence-electron chi connectivity index (χ0n) is 39.7. The van der Waals surface area contributed by atoms with Crippen LogP contribution in [0, 0.1) is 50.2 Å². The van der Waals surface area contributed by atoms with Crippen LogP contribution >= 0.6 is 0 Å². The monoisotopic (exact) mass is 959 g/mol. The highest BCUT2D eigenvalue weighted by atomic mass is 16.8. The zero-order chi connectivity index (χ0) is 49.0. The highest BCUT2D eigenvalue weighted by Crippen LogP contribution is 2.76. The number of allylic oxidation sites excluding steroid dienone is 2. The van der Waals surface area contributed by atoms with E-state index < -0.39 is 135 Å². The van der Waals surface area contributed by atoms with Gasteiger partial charge in [-0.1, -0.05) is 53.2 Å². The molecule has 3 heterocycles. The van der Waals surface area contributed by atoms with Crippen molar-refractivity contribution in [3.8, 4) is 0 Å². The van der Waals surface area contributed by atoms with Crippen molar-refractivity contribution in [2.24, 2.45) is 50.2 Å². The lowest BCUT2D eigenvalue weighted by atomic mass is 9.33. The van der Waals surface area contributed by atoms with Crippen molar-refractivity contribution >= 4 is 5.97 Å². The molecule has 67 heavy (non-hydrogen) atoms. The summed E-state index contributed by atoms with van der Waals surface area (Å²) in [5, 5.41) is 127. The molecule has 0 radical (unpaired) electrons. The van der Waals surface area contributed by atoms with Crippen LogP contribution in [-0.2, 0) is 33.2 Å². The fraction of sp³-hybridized carbons (Fsp3) is 0.938. The van der Waals surface area contributed by atoms with Crippen molar-refractivity contribution in [1.29, 1.82) is 0 Å². The molecule has 0 aromatic heterocycles. The van der Waals surface area contributed by atoms with Gasteiger partial charge in [-0.25, -0.2) is 0 Å². The topological polar surface area (TPSA) is 315 Å². The van der Waals surface area contributed by atoms with E-state index in [0.29, 0.717) is 32.1 Å². The number of rotatable bonds is 10. The number of hydrogen-bond acceptors (Lipinski definition) is 19. The molecule has 0 amide bonds. The number of carbonyl (C=O) groups is 1. The number of aliphatic hydroxyl groups is 12. The molecule has 19 heteroatoms. The summed E-state index contributed by atoms with van der Waals surface area (Å²) < 4.78 is 36.0. The summed E-state index contributed by atoms with van der Waals surface area (Å²) in [6.07, 6.45) is -15.4. The Labute approximate surface area is 392 Å². The molecule has 24 atom stereocenters. The SMILES string of the molecule is CC1(C)CC[C@]2(C(=O)O[C@@H]3O[C@H](CO)[C@@H](O)[C@H](O)[C@H]3O)CC[C@]3(C)C(=CC[C@@H]4[C@@]5(C)CC[C@H](O[C@@H]6O[C@H](CO)[C@H](O)[C@H](O)[C@H]6O[C@@H]6O[C@H](CO)[C@@H](O)[C@H](O)[C@H]6O)[C@@](C)(CO)[C@@H]5CC[C@]43C)[C@@H]2C1. The Morgan fingerprint density at radius 2 is 1.16 bits per heavy atom. The van der Waals surface area contributed by atoms with Gasteiger partial charge in [-0.3, -0.25) is 4.79 Å². The quantitative estimate of drug-likeness (QED) is 0.0718. The van der Waals surface area contributed by atoms with Gasteiger partial charge in [-0.15, -0.1) is 0 Å². The van der Waals surface area contributed by atoms with Gasteiger partial charge in [0.05, 0.1) is 37.9 Å². The van der Waals surface area contributed by atoms with Crippen molar-refractivity contribution in [3.05, 3.63) is 11.6 Å². The summed E-state index contributed by atoms with van der Waals surface area (Å²) in [5.74, 6) is -0.640. The first-order valence-corrected chi connectivity index (χ1v) is 24.5. The van der Waals surface area contributed by atoms with Crippen molar-refractivity contribution < 1.29 is 94.5 Å². The van der Waals surface area contributed by atoms with Crippen LogP contribution in [0.1, 0.15) is 106 Å². The van der Waals surface area contributed by atoms with Gasteiger partial charge in [0.25, 0.3) is 0 Å². The molecule has 0 aromatic carbocycles. The third-order valence-electron chi connectivity index (χ3n) is 19.5. The van der Waals surface area contributed by atoms with E-state index in [0.717, 1.165) is 32.1 Å². The first-order valence-electron chi connectivity index (χ1n) is 24.5. The molecule has 0 aromatic rings. The normalized spacial score (nSPS) is 54.1. The molecule has 19 nitrogen and oxygen atoms in total. The van der Waals surface area contributed by atoms with E-state index in [-0.39, 0.29) is 46.0 Å². The standard InChI is InChI=1S/C48H78O19/c1-43(2)13-15-48(42(61)67-40-37(60)34(57)31(54)25(19-50)63-40)16-14-46(5)22(23(48)17-43)7-8-28-44(3)11-10-29(45(4,21-52)27(44)9-12-47(28,46)6)65-41-38(35(58)32(55)26(20-51)64-41)66-39-36(59)33(56)30(53)24(18-49)62-39/h7,23-41,49-60H,8-21H2,1-6H3/t23-,24+,25+,26+,27+,28+,29-,30+,31+,32-,33-,34-,35-,36+,37+,38+,39-,40-,41-,44-,45-,46+,47+,48-/m0/s1. The zero-order valence-corrected chi connectivity index (χ0v) is 39.7. The minimum atomic E-state index is -1.82. The van der Waals surface area contributed by atoms with Crippen molar-refractivity contribution in [3.63, 3.8) is 0 Å². The van der Waals surface area contributed by atoms with E-state index in [2.05, 4.69) is 40.7 Å². The summed E-state index contributed by atoms with van der Waals surface area (Å²) in [4.78, 5) is 14.7. The van der Waals surface area contributed by atoms with Gasteiger partial charge in [0.2, 0.25) is 6.29 Å². The number of esters is 1. The Balaban J connectivity index is 1.06. The summed E-state index contributed by atoms with van der Waals surface area (Å²) >= 11 is 0. The van der Waals surface area contributed by atoms with Crippen molar-refractivity contribution in [1.82, 2.24) is 0 Å². The number of carbonyl (C=O) groups excluding carboxylic acids is 1. The number of fused-ring (bicyclic) bond motifs is 7. The minimum absolute atomic E-state index is 0.0808. The molecule has 0 bridgehead atoms. The fourth-order valence-corrected chi connectivity index (χ4v) is 15.0. The van der Waals surface area contributed by atoms with Gasteiger partial charge in [0, 0.05) is 5.41 Å². The van der Waals surface area contributed by atoms with Gasteiger partial charge >= 0.3 is 5.97 Å². The summed E-state index contributed by atoms with van der Waals surface area (Å²) in [6.45, 7) is 11.2. The molecule has 12 N–H and O–H groups in total. The average Bonchev–Trinajstić information content (AvgIpc) is 3.29. The molecule has 5 aliphatic carbocycles. The van der Waals surface area contributed by atoms with Gasteiger partial charge in [0.1, 0.15) is 73.2 Å². The van der Waals surface area contributed by atoms with Crippen LogP contribution in [0.25, 0.3) is 0 Å². The second kappa shape index (κ2) is 18.5. The van der Waals surface area contributed by atoms with E-state index in [1.54, 1.807) is 0 Å². The van der Waals surface area contributed by atoms with E-state index in [1.165, 1.54) is 5.57 Å². The molecule has 8 aliphatic rings. The van der Waals surface area contributed by atoms with Crippen molar-refractivity contribution in [2.75, 3.05) is 26.4 Å². The van der Waals surface area contributed by atoms with Crippen LogP contribution in [0.5, 0.6) is 0 Å². The molecule has 8 rings (SSSR count). The van der Waals surface area contributed by atoms with E-state index in [1.807, 2.05) is 6.92 Å². The molecule has 4 saturated carbocycles. The molecule has 384 valence electrons. The Morgan fingerprint density at radius 3 is 1.76 bits per heavy atom. The summed E-state index contributed by atoms with van der Waals surface area (Å²) in [5.41, 5.74) is -1.56. The molecule has 3 saturated heterocycles. The maximum absolute atomic E-state index is 14.7. The number of ether oxygens (including phenoxy) is 6. The van der Waals surface area contributed by atoms with Crippen LogP contribution in [0.15, 0.2) is 11.6 Å². The third kappa shape index (κ3) is 8.10. The lowest BCUT2D eigenvalue weighted by Gasteiger charge is -2.71. The van der Waals surface area contributed by atoms with E-state index in [9.17, 15) is 66.1 Å². The summed E-state index contributed by atoms with van der Waals surface area (Å²) in [6, 6.07) is 0. The molecule has 3 aliphatic heterocycles. The first kappa shape index (κ1) is 51.9. The van der Waals surface area contributed by atoms with Gasteiger partial charge < -0.3 is 89.7 Å². The third-order valence-corrected chi connectivity index (χ3v) is 19.5.